The van der Waals surface area contributed by atoms with E-state index < -0.39 is 33.9 Å². The predicted molar refractivity (Wildman–Crippen MR) is 116 cm³/mol. The van der Waals surface area contributed by atoms with E-state index in [1.165, 1.54) is 23.2 Å². The average molecular weight is 473 g/mol. The van der Waals surface area contributed by atoms with Crippen LogP contribution in [0.15, 0.2) is 17.5 Å². The van der Waals surface area contributed by atoms with E-state index in [9.17, 15) is 27.6 Å². The molecule has 0 unspecified atom stereocenters. The third-order valence-corrected chi connectivity index (χ3v) is 7.62. The van der Waals surface area contributed by atoms with Gasteiger partial charge in [0, 0.05) is 32.0 Å². The van der Waals surface area contributed by atoms with Crippen LogP contribution in [0.25, 0.3) is 0 Å². The van der Waals surface area contributed by atoms with Crippen molar-refractivity contribution in [3.05, 3.63) is 22.4 Å². The third-order valence-electron chi connectivity index (χ3n) is 4.96. The quantitative estimate of drug-likeness (QED) is 0.378. The number of esters is 1. The Hall–Kier alpha value is -2.27. The molecule has 0 aliphatic carbocycles. The van der Waals surface area contributed by atoms with Crippen LogP contribution in [-0.2, 0) is 29.0 Å². The second-order valence-corrected chi connectivity index (χ2v) is 10.5. The highest BCUT2D eigenvalue weighted by Gasteiger charge is 2.36. The number of ketones is 1. The molecule has 2 rings (SSSR count). The van der Waals surface area contributed by atoms with Gasteiger partial charge in [-0.3, -0.25) is 19.2 Å². The summed E-state index contributed by atoms with van der Waals surface area (Å²) in [6.45, 7) is 3.54. The van der Waals surface area contributed by atoms with Gasteiger partial charge in [0.1, 0.15) is 0 Å². The molecule has 31 heavy (non-hydrogen) atoms. The zero-order valence-corrected chi connectivity index (χ0v) is 19.3. The fraction of sp³-hybridized carbons (Fsp3) is 0.600. The number of carbonyl (C=O) groups is 4. The first-order valence-electron chi connectivity index (χ1n) is 10.2. The Morgan fingerprint density at radius 1 is 1.26 bits per heavy atom. The molecule has 0 aromatic carbocycles. The molecule has 1 aromatic heterocycles. The minimum atomic E-state index is -3.14. The second-order valence-electron chi connectivity index (χ2n) is 7.31. The van der Waals surface area contributed by atoms with Gasteiger partial charge in [0.2, 0.25) is 5.91 Å². The third kappa shape index (κ3) is 7.73. The lowest BCUT2D eigenvalue weighted by molar-refractivity contribution is -0.159. The van der Waals surface area contributed by atoms with Gasteiger partial charge in [0.15, 0.2) is 21.7 Å². The zero-order chi connectivity index (χ0) is 23.0. The topological polar surface area (TPSA) is 127 Å². The van der Waals surface area contributed by atoms with Crippen LogP contribution in [0.2, 0.25) is 0 Å². The van der Waals surface area contributed by atoms with Crippen LogP contribution >= 0.6 is 11.3 Å². The molecule has 1 aliphatic heterocycles. The van der Waals surface area contributed by atoms with Gasteiger partial charge in [-0.05, 0) is 31.7 Å². The zero-order valence-electron chi connectivity index (χ0n) is 17.7. The summed E-state index contributed by atoms with van der Waals surface area (Å²) in [5.74, 6) is -1.56. The van der Waals surface area contributed by atoms with Crippen molar-refractivity contribution >= 4 is 44.7 Å². The first-order chi connectivity index (χ1) is 14.6. The van der Waals surface area contributed by atoms with E-state index in [1.54, 1.807) is 24.4 Å². The van der Waals surface area contributed by atoms with Crippen LogP contribution < -0.4 is 5.32 Å². The van der Waals surface area contributed by atoms with Crippen LogP contribution in [0, 0.1) is 0 Å². The number of likely N-dealkylation sites (N-methyl/N-ethyl adjacent to an activating group) is 1. The second kappa shape index (κ2) is 11.4. The van der Waals surface area contributed by atoms with Crippen LogP contribution in [0.5, 0.6) is 0 Å². The maximum Gasteiger partial charge on any atom is 0.308 e. The van der Waals surface area contributed by atoms with Gasteiger partial charge < -0.3 is 15.0 Å². The number of hydrogen-bond acceptors (Lipinski definition) is 8. The molecular formula is C20H28N2O7S2. The molecule has 2 amide bonds. The van der Waals surface area contributed by atoms with Gasteiger partial charge in [0.25, 0.3) is 5.91 Å². The number of nitrogens with one attached hydrogen (secondary N) is 1. The van der Waals surface area contributed by atoms with Gasteiger partial charge in [0.05, 0.1) is 22.8 Å². The SMILES string of the molecule is CCN(C(=O)[C@H](C)OC(=O)CCNC(=O)CCC(=O)c1cccs1)[C@@H]1CCS(=O)(=O)C1. The van der Waals surface area contributed by atoms with Crippen molar-refractivity contribution in [2.75, 3.05) is 24.6 Å². The van der Waals surface area contributed by atoms with Crippen LogP contribution in [0.1, 0.15) is 49.2 Å². The number of carbonyl (C=O) groups excluding carboxylic acids is 4. The number of rotatable bonds is 11. The van der Waals surface area contributed by atoms with Crippen LogP contribution in [0.3, 0.4) is 0 Å². The first-order valence-corrected chi connectivity index (χ1v) is 12.9. The van der Waals surface area contributed by atoms with Crippen molar-refractivity contribution in [3.8, 4) is 0 Å². The summed E-state index contributed by atoms with van der Waals surface area (Å²) in [6, 6.07) is 3.07. The summed E-state index contributed by atoms with van der Waals surface area (Å²) in [6.07, 6.45) is -0.673. The molecule has 11 heteroatoms. The Labute approximate surface area is 186 Å². The number of amides is 2. The van der Waals surface area contributed by atoms with Gasteiger partial charge in [-0.1, -0.05) is 6.07 Å². The number of Topliss-reactive ketones (excluding diaryl/α,β-unsaturated/α-hetero) is 1. The highest BCUT2D eigenvalue weighted by molar-refractivity contribution is 7.91. The number of hydrogen-bond donors (Lipinski definition) is 1. The fourth-order valence-electron chi connectivity index (χ4n) is 3.34. The summed E-state index contributed by atoms with van der Waals surface area (Å²) in [5, 5.41) is 4.35. The molecule has 0 radical (unpaired) electrons. The van der Waals surface area contributed by atoms with Crippen molar-refractivity contribution in [3.63, 3.8) is 0 Å². The average Bonchev–Trinajstić information content (AvgIpc) is 3.36. The molecule has 0 spiro atoms. The lowest BCUT2D eigenvalue weighted by atomic mass is 10.2. The van der Waals surface area contributed by atoms with Crippen molar-refractivity contribution < 1.29 is 32.3 Å². The van der Waals surface area contributed by atoms with E-state index in [-0.39, 0.29) is 49.0 Å². The van der Waals surface area contributed by atoms with Crippen LogP contribution in [0.4, 0.5) is 0 Å². The summed E-state index contributed by atoms with van der Waals surface area (Å²) < 4.78 is 28.5. The van der Waals surface area contributed by atoms with Gasteiger partial charge >= 0.3 is 5.97 Å². The molecule has 1 saturated heterocycles. The molecule has 1 aromatic rings. The van der Waals surface area contributed by atoms with Crippen molar-refractivity contribution in [2.24, 2.45) is 0 Å². The molecule has 172 valence electrons. The number of thiophene rings is 1. The number of ether oxygens (including phenoxy) is 1. The minimum absolute atomic E-state index is 0.0242. The van der Waals surface area contributed by atoms with E-state index in [1.807, 2.05) is 0 Å². The van der Waals surface area contributed by atoms with Gasteiger partial charge in [-0.15, -0.1) is 11.3 Å². The number of sulfone groups is 1. The molecular weight excluding hydrogens is 444 g/mol. The van der Waals surface area contributed by atoms with E-state index in [0.717, 1.165) is 0 Å². The summed E-state index contributed by atoms with van der Waals surface area (Å²) in [7, 11) is -3.14. The summed E-state index contributed by atoms with van der Waals surface area (Å²) in [4.78, 5) is 50.3. The lowest BCUT2D eigenvalue weighted by Gasteiger charge is -2.29. The Balaban J connectivity index is 1.69. The molecule has 1 aliphatic rings. The van der Waals surface area contributed by atoms with Gasteiger partial charge in [-0.2, -0.15) is 0 Å². The molecule has 0 bridgehead atoms. The summed E-state index contributed by atoms with van der Waals surface area (Å²) >= 11 is 1.32. The summed E-state index contributed by atoms with van der Waals surface area (Å²) in [5.41, 5.74) is 0. The molecule has 1 fully saturated rings. The lowest BCUT2D eigenvalue weighted by Crippen LogP contribution is -2.46. The highest BCUT2D eigenvalue weighted by Crippen LogP contribution is 2.19. The highest BCUT2D eigenvalue weighted by atomic mass is 32.2. The normalized spacial score (nSPS) is 18.2. The van der Waals surface area contributed by atoms with E-state index in [4.69, 9.17) is 4.74 Å². The Morgan fingerprint density at radius 3 is 2.58 bits per heavy atom. The van der Waals surface area contributed by atoms with E-state index >= 15 is 0 Å². The first kappa shape index (κ1) is 25.0. The number of nitrogens with zero attached hydrogens (tertiary/aromatic N) is 1. The minimum Gasteiger partial charge on any atom is -0.452 e. The van der Waals surface area contributed by atoms with Crippen molar-refractivity contribution in [1.29, 1.82) is 0 Å². The predicted octanol–water partition coefficient (Wildman–Crippen LogP) is 1.18. The Morgan fingerprint density at radius 2 is 2.00 bits per heavy atom. The molecule has 2 heterocycles. The molecule has 9 nitrogen and oxygen atoms in total. The van der Waals surface area contributed by atoms with E-state index in [2.05, 4.69) is 5.32 Å². The van der Waals surface area contributed by atoms with Crippen molar-refractivity contribution in [1.82, 2.24) is 10.2 Å². The molecule has 2 atom stereocenters. The van der Waals surface area contributed by atoms with Crippen LogP contribution in [-0.4, -0.2) is 73.6 Å². The monoisotopic (exact) mass is 472 g/mol. The van der Waals surface area contributed by atoms with E-state index in [0.29, 0.717) is 17.8 Å². The maximum absolute atomic E-state index is 12.6. The Kier molecular flexibility index (Phi) is 9.17. The van der Waals surface area contributed by atoms with Gasteiger partial charge in [-0.25, -0.2) is 8.42 Å². The maximum atomic E-state index is 12.6. The largest absolute Gasteiger partial charge is 0.452 e. The molecule has 1 N–H and O–H groups in total. The standard InChI is InChI=1S/C20H28N2O7S2/c1-3-22(15-9-12-31(27,28)13-15)20(26)14(2)29-19(25)8-10-21-18(24)7-6-16(23)17-5-4-11-30-17/h4-5,11,14-15H,3,6-10,12-13H2,1-2H3,(H,21,24)/t14-,15+/m0/s1. The smallest absolute Gasteiger partial charge is 0.308 e. The van der Waals surface area contributed by atoms with Crippen molar-refractivity contribution in [2.45, 2.75) is 51.7 Å². The Bertz CT molecular complexity index is 897. The fourth-order valence-corrected chi connectivity index (χ4v) is 5.76. The molecule has 0 saturated carbocycles.